The summed E-state index contributed by atoms with van der Waals surface area (Å²) in [5.74, 6) is 1.63. The summed E-state index contributed by atoms with van der Waals surface area (Å²) in [7, 11) is 0. The zero-order valence-electron chi connectivity index (χ0n) is 16.7. The normalized spacial score (nSPS) is 30.9. The molecule has 3 saturated heterocycles. The maximum atomic E-state index is 6.64. The molecule has 0 aromatic heterocycles. The van der Waals surface area contributed by atoms with Gasteiger partial charge in [-0.25, -0.2) is 0 Å². The summed E-state index contributed by atoms with van der Waals surface area (Å²) in [6.45, 7) is -1.69. The first-order chi connectivity index (χ1) is 14.6. The van der Waals surface area contributed by atoms with E-state index >= 15 is 0 Å². The van der Waals surface area contributed by atoms with Crippen LogP contribution in [0.25, 0.3) is 0 Å². The van der Waals surface area contributed by atoms with Crippen LogP contribution in [0.4, 0.5) is 0 Å². The lowest BCUT2D eigenvalue weighted by molar-refractivity contribution is 0.00856. The molecule has 0 spiro atoms. The van der Waals surface area contributed by atoms with Gasteiger partial charge in [0, 0.05) is 26.2 Å². The molecule has 3 aliphatic rings. The molecule has 6 nitrogen and oxygen atoms in total. The molecule has 3 fully saturated rings. The second-order valence-electron chi connectivity index (χ2n) is 7.59. The molecule has 0 aliphatic carbocycles. The summed E-state index contributed by atoms with van der Waals surface area (Å²) in [5, 5.41) is 0. The van der Waals surface area contributed by atoms with Gasteiger partial charge in [-0.3, -0.25) is 0 Å². The lowest BCUT2D eigenvalue weighted by Gasteiger charge is -2.61. The predicted octanol–water partition coefficient (Wildman–Crippen LogP) is 5.23. The molecule has 0 bridgehead atoms. The van der Waals surface area contributed by atoms with Gasteiger partial charge in [0.15, 0.2) is 0 Å². The second-order valence-corrected chi connectivity index (χ2v) is 14.6. The molecule has 0 unspecified atom stereocenters. The van der Waals surface area contributed by atoms with Crippen molar-refractivity contribution in [1.29, 1.82) is 0 Å². The van der Waals surface area contributed by atoms with Crippen LogP contribution in [0.1, 0.15) is 25.7 Å². The van der Waals surface area contributed by atoms with E-state index in [-0.39, 0.29) is 0 Å². The Hall–Kier alpha value is -0.820. The minimum Gasteiger partial charge on any atom is -0.439 e. The molecule has 160 valence electrons. The van der Waals surface area contributed by atoms with E-state index in [1.165, 1.54) is 0 Å². The minimum atomic E-state index is -2.55. The van der Waals surface area contributed by atoms with Crippen molar-refractivity contribution in [3.8, 4) is 11.5 Å². The monoisotopic (exact) mass is 480 g/mol. The number of nitrogens with zero attached hydrogens (tertiary/aromatic N) is 4. The van der Waals surface area contributed by atoms with Crippen molar-refractivity contribution in [3.05, 3.63) is 60.7 Å². The number of hydrazine groups is 2. The van der Waals surface area contributed by atoms with Crippen molar-refractivity contribution < 1.29 is 9.05 Å². The number of benzene rings is 2. The molecule has 30 heavy (non-hydrogen) atoms. The third kappa shape index (κ3) is 3.68. The molecule has 0 saturated carbocycles. The van der Waals surface area contributed by atoms with E-state index in [1.807, 2.05) is 60.7 Å². The Balaban J connectivity index is 1.58. The van der Waals surface area contributed by atoms with Gasteiger partial charge < -0.3 is 9.05 Å². The predicted molar refractivity (Wildman–Crippen MR) is 128 cm³/mol. The van der Waals surface area contributed by atoms with E-state index < -0.39 is 13.1 Å². The van der Waals surface area contributed by atoms with Crippen LogP contribution in [0.2, 0.25) is 0 Å². The summed E-state index contributed by atoms with van der Waals surface area (Å²) >= 11 is 12.7. The van der Waals surface area contributed by atoms with Gasteiger partial charge in [0.05, 0.1) is 0 Å². The summed E-state index contributed by atoms with van der Waals surface area (Å²) in [6, 6.07) is 19.9. The topological polar surface area (TPSA) is 31.4 Å². The van der Waals surface area contributed by atoms with Gasteiger partial charge in [-0.15, -0.1) is 0 Å². The Morgan fingerprint density at radius 3 is 1.13 bits per heavy atom. The second kappa shape index (κ2) is 8.61. The number of para-hydroxylation sites is 2. The highest BCUT2D eigenvalue weighted by atomic mass is 32.5. The molecular formula is C20H26N4O2P2S2. The largest absolute Gasteiger partial charge is 0.439 e. The molecule has 2 aromatic carbocycles. The Bertz CT molecular complexity index is 870. The summed E-state index contributed by atoms with van der Waals surface area (Å²) < 4.78 is 22.3. The van der Waals surface area contributed by atoms with E-state index in [9.17, 15) is 0 Å². The highest BCUT2D eigenvalue weighted by Crippen LogP contribution is 2.72. The van der Waals surface area contributed by atoms with Gasteiger partial charge in [-0.2, -0.15) is 19.1 Å². The average Bonchev–Trinajstić information content (AvgIpc) is 2.80. The van der Waals surface area contributed by atoms with E-state index in [0.717, 1.165) is 63.4 Å². The standard InChI is InChI=1S/C20H26N4O2P2S2/c29-27(25-19-11-3-1-4-12-19)21-15-7-9-17-23(21)28(30,24-18-10-8-16-22(24)27)26-20-13-5-2-6-14-20/h1-6,11-14H,7-10,15-18H2. The first-order valence-electron chi connectivity index (χ1n) is 10.4. The van der Waals surface area contributed by atoms with Crippen molar-refractivity contribution in [2.24, 2.45) is 0 Å². The van der Waals surface area contributed by atoms with Crippen molar-refractivity contribution in [2.75, 3.05) is 26.2 Å². The lowest BCUT2D eigenvalue weighted by atomic mass is 10.3. The minimum absolute atomic E-state index is 0.816. The fourth-order valence-corrected chi connectivity index (χ4v) is 13.3. The molecule has 3 heterocycles. The van der Waals surface area contributed by atoms with Gasteiger partial charge in [0.1, 0.15) is 11.5 Å². The first kappa shape index (κ1) is 21.0. The van der Waals surface area contributed by atoms with E-state index in [1.54, 1.807) is 0 Å². The van der Waals surface area contributed by atoms with Crippen LogP contribution in [0.3, 0.4) is 0 Å². The molecule has 0 N–H and O–H groups in total. The van der Waals surface area contributed by atoms with Crippen LogP contribution in [0, 0.1) is 0 Å². The van der Waals surface area contributed by atoms with Gasteiger partial charge in [0.2, 0.25) is 0 Å². The molecule has 5 rings (SSSR count). The molecule has 10 heteroatoms. The Morgan fingerprint density at radius 2 is 0.833 bits per heavy atom. The van der Waals surface area contributed by atoms with Crippen LogP contribution in [0.5, 0.6) is 11.5 Å². The third-order valence-corrected chi connectivity index (χ3v) is 13.5. The number of hydrogen-bond donors (Lipinski definition) is 0. The number of hydrogen-bond acceptors (Lipinski definition) is 4. The van der Waals surface area contributed by atoms with Crippen molar-refractivity contribution in [3.63, 3.8) is 0 Å². The fourth-order valence-electron chi connectivity index (χ4n) is 4.17. The van der Waals surface area contributed by atoms with Crippen LogP contribution >= 0.6 is 13.1 Å². The van der Waals surface area contributed by atoms with Crippen LogP contribution < -0.4 is 9.05 Å². The highest BCUT2D eigenvalue weighted by Gasteiger charge is 2.57. The van der Waals surface area contributed by atoms with Gasteiger partial charge in [-0.05, 0) is 73.6 Å². The van der Waals surface area contributed by atoms with Crippen molar-refractivity contribution in [1.82, 2.24) is 19.1 Å². The van der Waals surface area contributed by atoms with E-state index in [0.29, 0.717) is 0 Å². The third-order valence-electron chi connectivity index (χ3n) is 5.57. The SMILES string of the molecule is S=P1(Oc2ccccc2)N2CCCCN2P(=S)(Oc2ccccc2)N2CCCCN21. The molecular weight excluding hydrogens is 454 g/mol. The molecule has 3 aliphatic heterocycles. The Labute approximate surface area is 188 Å². The zero-order chi connectivity index (χ0) is 20.6. The molecule has 0 radical (unpaired) electrons. The van der Waals surface area contributed by atoms with Gasteiger partial charge >= 0.3 is 0 Å². The maximum Gasteiger partial charge on any atom is 0.281 e. The van der Waals surface area contributed by atoms with Gasteiger partial charge in [-0.1, -0.05) is 36.4 Å². The van der Waals surface area contributed by atoms with Crippen molar-refractivity contribution >= 4 is 36.7 Å². The fraction of sp³-hybridized carbons (Fsp3) is 0.400. The number of rotatable bonds is 4. The Kier molecular flexibility index (Phi) is 6.04. The van der Waals surface area contributed by atoms with E-state index in [4.69, 9.17) is 32.7 Å². The maximum absolute atomic E-state index is 6.64. The zero-order valence-corrected chi connectivity index (χ0v) is 20.2. The van der Waals surface area contributed by atoms with Crippen LogP contribution in [-0.2, 0) is 23.6 Å². The van der Waals surface area contributed by atoms with Crippen LogP contribution in [0.15, 0.2) is 60.7 Å². The quantitative estimate of drug-likeness (QED) is 0.550. The smallest absolute Gasteiger partial charge is 0.281 e. The number of fused-ring (bicyclic) bond motifs is 2. The first-order valence-corrected chi connectivity index (χ1v) is 15.7. The van der Waals surface area contributed by atoms with Crippen LogP contribution in [-0.4, -0.2) is 45.3 Å². The summed E-state index contributed by atoms with van der Waals surface area (Å²) in [4.78, 5) is 0. The lowest BCUT2D eigenvalue weighted by Crippen LogP contribution is -2.60. The van der Waals surface area contributed by atoms with Crippen molar-refractivity contribution in [2.45, 2.75) is 25.7 Å². The molecule has 2 aromatic rings. The van der Waals surface area contributed by atoms with Gasteiger partial charge in [0.25, 0.3) is 13.1 Å². The summed E-state index contributed by atoms with van der Waals surface area (Å²) in [5.41, 5.74) is 0. The average molecular weight is 481 g/mol. The summed E-state index contributed by atoms with van der Waals surface area (Å²) in [6.07, 6.45) is 4.34. The van der Waals surface area contributed by atoms with E-state index in [2.05, 4.69) is 19.1 Å². The highest BCUT2D eigenvalue weighted by molar-refractivity contribution is 8.13. The molecule has 0 atom stereocenters. The molecule has 0 amide bonds. The Morgan fingerprint density at radius 1 is 0.533 bits per heavy atom.